The lowest BCUT2D eigenvalue weighted by Gasteiger charge is -2.39. The van der Waals surface area contributed by atoms with Crippen LogP contribution in [-0.4, -0.2) is 86.1 Å². The van der Waals surface area contributed by atoms with Crippen LogP contribution in [0.25, 0.3) is 28.4 Å². The average Bonchev–Trinajstić information content (AvgIpc) is 3.02. The Morgan fingerprint density at radius 3 is 2.36 bits per heavy atom. The van der Waals surface area contributed by atoms with Gasteiger partial charge in [0.2, 0.25) is 17.5 Å². The molecule has 0 bridgehead atoms. The molecule has 14 heteroatoms. The number of aliphatic hydroxyl groups excluding tert-OH is 3. The van der Waals surface area contributed by atoms with E-state index in [0.29, 0.717) is 5.56 Å². The molecule has 0 unspecified atom stereocenters. The number of carbonyl (C=O) groups excluding carboxylic acids is 1. The zero-order valence-corrected chi connectivity index (χ0v) is 23.4. The van der Waals surface area contributed by atoms with E-state index in [4.69, 9.17) is 23.4 Å². The summed E-state index contributed by atoms with van der Waals surface area (Å²) in [7, 11) is 1.31. The summed E-state index contributed by atoms with van der Waals surface area (Å²) in [5.41, 5.74) is -0.460. The third kappa shape index (κ3) is 6.49. The van der Waals surface area contributed by atoms with Crippen LogP contribution < -0.4 is 14.9 Å². The van der Waals surface area contributed by atoms with E-state index in [-0.39, 0.29) is 45.3 Å². The average molecular weight is 625 g/mol. The van der Waals surface area contributed by atoms with Gasteiger partial charge in [0, 0.05) is 23.8 Å². The third-order valence-electron chi connectivity index (χ3n) is 6.98. The number of esters is 1. The lowest BCUT2D eigenvalue weighted by Crippen LogP contribution is -2.60. The first-order valence-electron chi connectivity index (χ1n) is 13.4. The van der Waals surface area contributed by atoms with E-state index in [0.717, 1.165) is 18.2 Å². The Morgan fingerprint density at radius 1 is 0.911 bits per heavy atom. The number of aromatic hydroxyl groups is 4. The molecule has 4 aromatic rings. The molecule has 0 saturated carbocycles. The number of carbonyl (C=O) groups is 1. The molecule has 1 saturated heterocycles. The molecule has 7 N–H and O–H groups in total. The molecule has 5 rings (SSSR count). The molecule has 1 aliphatic rings. The van der Waals surface area contributed by atoms with Crippen molar-refractivity contribution < 1.29 is 63.9 Å². The van der Waals surface area contributed by atoms with E-state index in [9.17, 15) is 45.3 Å². The first-order valence-corrected chi connectivity index (χ1v) is 13.4. The van der Waals surface area contributed by atoms with Gasteiger partial charge in [-0.15, -0.1) is 0 Å². The molecule has 14 nitrogen and oxygen atoms in total. The zero-order chi connectivity index (χ0) is 32.4. The van der Waals surface area contributed by atoms with E-state index in [1.165, 1.54) is 43.5 Å². The van der Waals surface area contributed by atoms with Gasteiger partial charge in [-0.25, -0.2) is 4.79 Å². The molecule has 1 aliphatic heterocycles. The number of rotatable bonds is 8. The topological polar surface area (TPSA) is 226 Å². The first kappa shape index (κ1) is 31.2. The Balaban J connectivity index is 1.36. The quantitative estimate of drug-likeness (QED) is 0.110. The van der Waals surface area contributed by atoms with Gasteiger partial charge in [-0.3, -0.25) is 4.79 Å². The molecular formula is C31H28O14. The SMILES string of the molecule is COc1cc(-c2oc3cc(O[C@@H]4O[C@H](COC(=O)/C=C/c5ccc(O)cc5)[C@@H](O)[C@H](O)[C@H]4O)cc(O)c3c(=O)c2O)ccc1O. The van der Waals surface area contributed by atoms with Gasteiger partial charge in [-0.1, -0.05) is 12.1 Å². The Morgan fingerprint density at radius 2 is 1.64 bits per heavy atom. The largest absolute Gasteiger partial charge is 0.508 e. The molecule has 2 heterocycles. The van der Waals surface area contributed by atoms with E-state index in [1.807, 2.05) is 0 Å². The van der Waals surface area contributed by atoms with Gasteiger partial charge in [0.1, 0.15) is 59.2 Å². The second-order valence-electron chi connectivity index (χ2n) is 10.00. The maximum atomic E-state index is 12.9. The molecule has 1 aromatic heterocycles. The van der Waals surface area contributed by atoms with Gasteiger partial charge in [-0.2, -0.15) is 0 Å². The molecule has 1 fully saturated rings. The van der Waals surface area contributed by atoms with E-state index >= 15 is 0 Å². The maximum Gasteiger partial charge on any atom is 0.330 e. The predicted molar refractivity (Wildman–Crippen MR) is 155 cm³/mol. The fraction of sp³-hybridized carbons (Fsp3) is 0.226. The third-order valence-corrected chi connectivity index (χ3v) is 6.98. The fourth-order valence-electron chi connectivity index (χ4n) is 4.60. The first-order chi connectivity index (χ1) is 21.5. The number of methoxy groups -OCH3 is 1. The van der Waals surface area contributed by atoms with Gasteiger partial charge in [0.25, 0.3) is 0 Å². The number of phenolic OH excluding ortho intramolecular Hbond substituents is 3. The summed E-state index contributed by atoms with van der Waals surface area (Å²) < 4.78 is 27.1. The zero-order valence-electron chi connectivity index (χ0n) is 23.4. The highest BCUT2D eigenvalue weighted by atomic mass is 16.7. The van der Waals surface area contributed by atoms with E-state index in [1.54, 1.807) is 12.1 Å². The maximum absolute atomic E-state index is 12.9. The Kier molecular flexibility index (Phi) is 8.83. The van der Waals surface area contributed by atoms with E-state index < -0.39 is 60.2 Å². The normalized spacial score (nSPS) is 21.6. The lowest BCUT2D eigenvalue weighted by atomic mass is 9.99. The summed E-state index contributed by atoms with van der Waals surface area (Å²) >= 11 is 0. The van der Waals surface area contributed by atoms with Crippen LogP contribution in [0.1, 0.15) is 5.56 Å². The van der Waals surface area contributed by atoms with Crippen molar-refractivity contribution in [3.8, 4) is 45.8 Å². The Hall–Kier alpha value is -5.28. The molecule has 5 atom stereocenters. The number of ether oxygens (including phenoxy) is 4. The summed E-state index contributed by atoms with van der Waals surface area (Å²) in [6, 6.07) is 12.1. The van der Waals surface area contributed by atoms with Crippen molar-refractivity contribution in [1.29, 1.82) is 0 Å². The van der Waals surface area contributed by atoms with E-state index in [2.05, 4.69) is 0 Å². The minimum atomic E-state index is -1.80. The number of phenols is 3. The summed E-state index contributed by atoms with van der Waals surface area (Å²) in [6.07, 6.45) is -5.73. The summed E-state index contributed by atoms with van der Waals surface area (Å²) in [4.78, 5) is 25.1. The summed E-state index contributed by atoms with van der Waals surface area (Å²) in [5.74, 6) is -2.91. The van der Waals surface area contributed by atoms with Crippen molar-refractivity contribution >= 4 is 23.0 Å². The predicted octanol–water partition coefficient (Wildman–Crippen LogP) is 1.73. The highest BCUT2D eigenvalue weighted by Gasteiger charge is 2.45. The summed E-state index contributed by atoms with van der Waals surface area (Å²) in [5, 5.41) is 71.3. The van der Waals surface area contributed by atoms with Gasteiger partial charge in [0.15, 0.2) is 17.3 Å². The number of hydrogen-bond donors (Lipinski definition) is 7. The van der Waals surface area contributed by atoms with Crippen LogP contribution >= 0.6 is 0 Å². The molecule has 0 spiro atoms. The van der Waals surface area contributed by atoms with Crippen molar-refractivity contribution in [1.82, 2.24) is 0 Å². The van der Waals surface area contributed by atoms with Gasteiger partial charge < -0.3 is 59.1 Å². The summed E-state index contributed by atoms with van der Waals surface area (Å²) in [6.45, 7) is -0.542. The van der Waals surface area contributed by atoms with Crippen molar-refractivity contribution in [2.45, 2.75) is 30.7 Å². The van der Waals surface area contributed by atoms with Gasteiger partial charge in [-0.05, 0) is 42.0 Å². The molecule has 0 amide bonds. The lowest BCUT2D eigenvalue weighted by molar-refractivity contribution is -0.278. The monoisotopic (exact) mass is 624 g/mol. The number of hydrogen-bond acceptors (Lipinski definition) is 14. The van der Waals surface area contributed by atoms with Crippen LogP contribution in [0.5, 0.6) is 34.5 Å². The van der Waals surface area contributed by atoms with Crippen LogP contribution in [0.2, 0.25) is 0 Å². The minimum Gasteiger partial charge on any atom is -0.508 e. The molecule has 0 aliphatic carbocycles. The van der Waals surface area contributed by atoms with Gasteiger partial charge in [0.05, 0.1) is 7.11 Å². The molecule has 236 valence electrons. The van der Waals surface area contributed by atoms with Crippen LogP contribution in [0.4, 0.5) is 0 Å². The smallest absolute Gasteiger partial charge is 0.330 e. The van der Waals surface area contributed by atoms with Crippen molar-refractivity contribution in [2.75, 3.05) is 13.7 Å². The number of fused-ring (bicyclic) bond motifs is 1. The minimum absolute atomic E-state index is 0.0346. The highest BCUT2D eigenvalue weighted by molar-refractivity contribution is 5.88. The number of aliphatic hydroxyl groups is 3. The Bertz CT molecular complexity index is 1800. The van der Waals surface area contributed by atoms with Crippen molar-refractivity contribution in [2.24, 2.45) is 0 Å². The Labute approximate surface area is 253 Å². The molecule has 3 aromatic carbocycles. The van der Waals surface area contributed by atoms with Crippen LogP contribution in [-0.2, 0) is 14.3 Å². The van der Waals surface area contributed by atoms with Crippen molar-refractivity contribution in [3.63, 3.8) is 0 Å². The van der Waals surface area contributed by atoms with Crippen LogP contribution in [0, 0.1) is 0 Å². The fourth-order valence-corrected chi connectivity index (χ4v) is 4.60. The number of benzene rings is 3. The van der Waals surface area contributed by atoms with Crippen LogP contribution in [0.15, 0.2) is 69.9 Å². The molecule has 0 radical (unpaired) electrons. The standard InChI is InChI=1S/C31H28O14/c1-41-20-10-15(5-8-18(20)33)30-28(39)26(37)24-19(34)11-17(12-21(24)44-30)43-31-29(40)27(38)25(36)22(45-31)13-42-23(35)9-4-14-2-6-16(32)7-3-14/h2-12,22,25,27,29,31-34,36,38-40H,13H2,1H3/b9-4+/t22-,25-,27+,29-,31-/m1/s1. The highest BCUT2D eigenvalue weighted by Crippen LogP contribution is 2.38. The van der Waals surface area contributed by atoms with Crippen molar-refractivity contribution in [3.05, 3.63) is 76.5 Å². The second kappa shape index (κ2) is 12.8. The van der Waals surface area contributed by atoms with Gasteiger partial charge >= 0.3 is 5.97 Å². The molecular weight excluding hydrogens is 596 g/mol. The molecule has 45 heavy (non-hydrogen) atoms. The second-order valence-corrected chi connectivity index (χ2v) is 10.00. The van der Waals surface area contributed by atoms with Crippen LogP contribution in [0.3, 0.4) is 0 Å².